The normalized spacial score (nSPS) is 24.7. The van der Waals surface area contributed by atoms with E-state index in [1.54, 1.807) is 0 Å². The predicted molar refractivity (Wildman–Crippen MR) is 68.7 cm³/mol. The highest BCUT2D eigenvalue weighted by Crippen LogP contribution is 2.27. The molecule has 0 aromatic rings. The monoisotopic (exact) mass is 277 g/mol. The second-order valence-electron chi connectivity index (χ2n) is 5.44. The Labute approximate surface area is 109 Å². The Bertz CT molecular complexity index is 347. The fourth-order valence-corrected chi connectivity index (χ4v) is 4.09. The maximum absolute atomic E-state index is 11.9. The van der Waals surface area contributed by atoms with E-state index in [0.29, 0.717) is 5.92 Å². The highest BCUT2D eigenvalue weighted by molar-refractivity contribution is 7.90. The molecule has 1 aliphatic carbocycles. The van der Waals surface area contributed by atoms with Crippen LogP contribution >= 0.6 is 0 Å². The maximum Gasteiger partial charge on any atom is 0.219 e. The molecule has 2 N–H and O–H groups in total. The van der Waals surface area contributed by atoms with Crippen LogP contribution in [0.15, 0.2) is 0 Å². The molecule has 1 heterocycles. The van der Waals surface area contributed by atoms with Crippen LogP contribution in [0, 0.1) is 5.92 Å². The minimum absolute atomic E-state index is 0.122. The summed E-state index contributed by atoms with van der Waals surface area (Å²) in [6, 6.07) is -0.335. The molecule has 18 heavy (non-hydrogen) atoms. The SMILES string of the molecule is O=S(=O)(NC(CO)CC1CCCCC1)C1COC1. The van der Waals surface area contributed by atoms with Gasteiger partial charge in [-0.05, 0) is 12.3 Å². The van der Waals surface area contributed by atoms with Crippen molar-refractivity contribution in [2.24, 2.45) is 5.92 Å². The Hall–Kier alpha value is -0.170. The summed E-state index contributed by atoms with van der Waals surface area (Å²) in [6.07, 6.45) is 6.81. The van der Waals surface area contributed by atoms with Gasteiger partial charge in [-0.1, -0.05) is 32.1 Å². The first-order valence-corrected chi connectivity index (χ1v) is 8.36. The number of aliphatic hydroxyl groups excluding tert-OH is 1. The van der Waals surface area contributed by atoms with Crippen molar-refractivity contribution in [2.75, 3.05) is 19.8 Å². The molecule has 1 aliphatic heterocycles. The average molecular weight is 277 g/mol. The zero-order valence-corrected chi connectivity index (χ0v) is 11.5. The van der Waals surface area contributed by atoms with Gasteiger partial charge in [0, 0.05) is 6.04 Å². The molecule has 1 saturated carbocycles. The highest BCUT2D eigenvalue weighted by Gasteiger charge is 2.34. The topological polar surface area (TPSA) is 75.6 Å². The van der Waals surface area contributed by atoms with Crippen LogP contribution in [0.4, 0.5) is 0 Å². The number of sulfonamides is 1. The third kappa shape index (κ3) is 3.66. The summed E-state index contributed by atoms with van der Waals surface area (Å²) in [5.74, 6) is 0.552. The quantitative estimate of drug-likeness (QED) is 0.747. The molecule has 0 aromatic carbocycles. The van der Waals surface area contributed by atoms with Crippen LogP contribution in [0.3, 0.4) is 0 Å². The number of hydrogen-bond donors (Lipinski definition) is 2. The van der Waals surface area contributed by atoms with Crippen molar-refractivity contribution in [1.82, 2.24) is 4.72 Å². The average Bonchev–Trinajstić information content (AvgIpc) is 2.26. The van der Waals surface area contributed by atoms with Crippen molar-refractivity contribution >= 4 is 10.0 Å². The van der Waals surface area contributed by atoms with Crippen LogP contribution in [0.2, 0.25) is 0 Å². The van der Waals surface area contributed by atoms with Crippen LogP contribution < -0.4 is 4.72 Å². The Morgan fingerprint density at radius 1 is 1.22 bits per heavy atom. The fourth-order valence-electron chi connectivity index (χ4n) is 2.71. The van der Waals surface area contributed by atoms with Gasteiger partial charge in [-0.3, -0.25) is 0 Å². The Morgan fingerprint density at radius 2 is 1.89 bits per heavy atom. The van der Waals surface area contributed by atoms with Crippen LogP contribution in [-0.4, -0.2) is 44.6 Å². The summed E-state index contributed by atoms with van der Waals surface area (Å²) < 4.78 is 31.4. The van der Waals surface area contributed by atoms with E-state index in [1.165, 1.54) is 19.3 Å². The van der Waals surface area contributed by atoms with E-state index in [0.717, 1.165) is 19.3 Å². The highest BCUT2D eigenvalue weighted by atomic mass is 32.2. The number of ether oxygens (including phenoxy) is 1. The zero-order chi connectivity index (χ0) is 13.0. The smallest absolute Gasteiger partial charge is 0.219 e. The molecule has 2 fully saturated rings. The van der Waals surface area contributed by atoms with E-state index in [9.17, 15) is 13.5 Å². The van der Waals surface area contributed by atoms with Crippen LogP contribution in [0.5, 0.6) is 0 Å². The van der Waals surface area contributed by atoms with Gasteiger partial charge in [-0.25, -0.2) is 13.1 Å². The third-order valence-electron chi connectivity index (χ3n) is 3.94. The van der Waals surface area contributed by atoms with Gasteiger partial charge in [0.1, 0.15) is 5.25 Å². The van der Waals surface area contributed by atoms with Crippen molar-refractivity contribution in [3.05, 3.63) is 0 Å². The summed E-state index contributed by atoms with van der Waals surface area (Å²) in [6.45, 7) is 0.428. The van der Waals surface area contributed by atoms with Crippen molar-refractivity contribution < 1.29 is 18.3 Å². The summed E-state index contributed by atoms with van der Waals surface area (Å²) in [7, 11) is -3.32. The third-order valence-corrected chi connectivity index (χ3v) is 5.75. The lowest BCUT2D eigenvalue weighted by Crippen LogP contribution is -2.51. The van der Waals surface area contributed by atoms with Crippen LogP contribution in [-0.2, 0) is 14.8 Å². The standard InChI is InChI=1S/C12H23NO4S/c14-7-11(6-10-4-2-1-3-5-10)13-18(15,16)12-8-17-9-12/h10-14H,1-9H2. The largest absolute Gasteiger partial charge is 0.395 e. The minimum atomic E-state index is -3.32. The summed E-state index contributed by atoms with van der Waals surface area (Å²) in [5, 5.41) is 8.90. The first-order chi connectivity index (χ1) is 8.62. The second kappa shape index (κ2) is 6.32. The summed E-state index contributed by atoms with van der Waals surface area (Å²) in [5.41, 5.74) is 0. The predicted octanol–water partition coefficient (Wildman–Crippen LogP) is 0.636. The Kier molecular flexibility index (Phi) is 5.00. The van der Waals surface area contributed by atoms with E-state index in [1.807, 2.05) is 0 Å². The van der Waals surface area contributed by atoms with E-state index in [4.69, 9.17) is 4.74 Å². The van der Waals surface area contributed by atoms with Gasteiger partial charge in [0.25, 0.3) is 0 Å². The zero-order valence-electron chi connectivity index (χ0n) is 10.7. The van der Waals surface area contributed by atoms with Crippen molar-refractivity contribution in [3.8, 4) is 0 Å². The second-order valence-corrected chi connectivity index (χ2v) is 7.43. The Balaban J connectivity index is 1.84. The molecule has 0 radical (unpaired) electrons. The molecular formula is C12H23NO4S. The van der Waals surface area contributed by atoms with Gasteiger partial charge in [0.15, 0.2) is 0 Å². The van der Waals surface area contributed by atoms with Gasteiger partial charge in [0.2, 0.25) is 10.0 Å². The molecular weight excluding hydrogens is 254 g/mol. The maximum atomic E-state index is 11.9. The number of nitrogens with one attached hydrogen (secondary N) is 1. The fraction of sp³-hybridized carbons (Fsp3) is 1.00. The summed E-state index contributed by atoms with van der Waals surface area (Å²) >= 11 is 0. The Morgan fingerprint density at radius 3 is 2.39 bits per heavy atom. The lowest BCUT2D eigenvalue weighted by atomic mass is 9.85. The number of aliphatic hydroxyl groups is 1. The molecule has 1 atom stereocenters. The van der Waals surface area contributed by atoms with E-state index in [2.05, 4.69) is 4.72 Å². The molecule has 106 valence electrons. The number of rotatable bonds is 6. The molecule has 0 aromatic heterocycles. The van der Waals surface area contributed by atoms with E-state index in [-0.39, 0.29) is 25.9 Å². The molecule has 0 amide bonds. The van der Waals surface area contributed by atoms with Crippen LogP contribution in [0.25, 0.3) is 0 Å². The summed E-state index contributed by atoms with van der Waals surface area (Å²) in [4.78, 5) is 0. The lowest BCUT2D eigenvalue weighted by molar-refractivity contribution is 0.0407. The molecule has 6 heteroatoms. The molecule has 0 spiro atoms. The molecule has 1 unspecified atom stereocenters. The van der Waals surface area contributed by atoms with E-state index >= 15 is 0 Å². The van der Waals surface area contributed by atoms with Gasteiger partial charge in [0.05, 0.1) is 19.8 Å². The molecule has 1 saturated heterocycles. The van der Waals surface area contributed by atoms with Gasteiger partial charge in [-0.2, -0.15) is 0 Å². The van der Waals surface area contributed by atoms with Crippen molar-refractivity contribution in [3.63, 3.8) is 0 Å². The molecule has 0 bridgehead atoms. The van der Waals surface area contributed by atoms with Crippen LogP contribution in [0.1, 0.15) is 38.5 Å². The van der Waals surface area contributed by atoms with Crippen molar-refractivity contribution in [1.29, 1.82) is 0 Å². The van der Waals surface area contributed by atoms with Gasteiger partial charge >= 0.3 is 0 Å². The van der Waals surface area contributed by atoms with Gasteiger partial charge < -0.3 is 9.84 Å². The molecule has 2 aliphatic rings. The minimum Gasteiger partial charge on any atom is -0.395 e. The van der Waals surface area contributed by atoms with Gasteiger partial charge in [-0.15, -0.1) is 0 Å². The van der Waals surface area contributed by atoms with Crippen molar-refractivity contribution in [2.45, 2.75) is 49.8 Å². The lowest BCUT2D eigenvalue weighted by Gasteiger charge is -2.30. The number of hydrogen-bond acceptors (Lipinski definition) is 4. The molecule has 2 rings (SSSR count). The molecule has 5 nitrogen and oxygen atoms in total. The van der Waals surface area contributed by atoms with E-state index < -0.39 is 15.3 Å². The first-order valence-electron chi connectivity index (χ1n) is 6.81. The first kappa shape index (κ1) is 14.2.